The van der Waals surface area contributed by atoms with Crippen LogP contribution in [0.25, 0.3) is 11.0 Å². The van der Waals surface area contributed by atoms with Gasteiger partial charge in [0.05, 0.1) is 0 Å². The average Bonchev–Trinajstić information content (AvgIpc) is 2.58. The molecule has 1 atom stereocenters. The third-order valence-corrected chi connectivity index (χ3v) is 4.85. The number of rotatable bonds is 5. The lowest BCUT2D eigenvalue weighted by Gasteiger charge is -2.23. The number of nitrogens with one attached hydrogen (secondary N) is 1. The summed E-state index contributed by atoms with van der Waals surface area (Å²) in [4.78, 5) is 12.0. The Hall–Kier alpha value is -2.46. The fourth-order valence-corrected chi connectivity index (χ4v) is 3.26. The Balaban J connectivity index is 1.93. The van der Waals surface area contributed by atoms with E-state index in [9.17, 15) is 9.18 Å². The molecular formula is C22H24FNO2. The minimum absolute atomic E-state index is 0.0597. The summed E-state index contributed by atoms with van der Waals surface area (Å²) >= 11 is 0. The Kier molecular flexibility index (Phi) is 5.23. The normalized spacial score (nSPS) is 12.7. The molecule has 136 valence electrons. The highest BCUT2D eigenvalue weighted by molar-refractivity contribution is 5.81. The molecule has 0 saturated heterocycles. The van der Waals surface area contributed by atoms with Gasteiger partial charge in [-0.3, -0.25) is 0 Å². The van der Waals surface area contributed by atoms with E-state index in [0.717, 1.165) is 27.6 Å². The van der Waals surface area contributed by atoms with Crippen molar-refractivity contribution in [1.82, 2.24) is 5.32 Å². The molecule has 0 unspecified atom stereocenters. The van der Waals surface area contributed by atoms with Gasteiger partial charge in [0.15, 0.2) is 0 Å². The maximum absolute atomic E-state index is 13.2. The van der Waals surface area contributed by atoms with Crippen molar-refractivity contribution < 1.29 is 8.81 Å². The zero-order valence-corrected chi connectivity index (χ0v) is 15.6. The highest BCUT2D eigenvalue weighted by Crippen LogP contribution is 2.25. The molecule has 0 radical (unpaired) electrons. The standard InChI is InChI=1S/C22H24FNO2/c1-13(2)22(16-5-7-18(23)8-6-16)24-12-17-11-21(25)26-20-10-15(4)14(3)9-19(17)20/h5-11,13,22,24H,12H2,1-4H3/t22-/m1/s1. The predicted octanol–water partition coefficient (Wildman–Crippen LogP) is 5.04. The molecule has 26 heavy (non-hydrogen) atoms. The molecule has 3 nitrogen and oxygen atoms in total. The smallest absolute Gasteiger partial charge is 0.336 e. The molecule has 0 amide bonds. The molecule has 3 rings (SSSR count). The highest BCUT2D eigenvalue weighted by Gasteiger charge is 2.16. The van der Waals surface area contributed by atoms with Crippen LogP contribution in [-0.2, 0) is 6.54 Å². The molecule has 3 aromatic rings. The van der Waals surface area contributed by atoms with Crippen molar-refractivity contribution in [3.8, 4) is 0 Å². The molecular weight excluding hydrogens is 329 g/mol. The number of hydrogen-bond acceptors (Lipinski definition) is 3. The summed E-state index contributed by atoms with van der Waals surface area (Å²) in [5, 5.41) is 4.47. The monoisotopic (exact) mass is 353 g/mol. The fraction of sp³-hybridized carbons (Fsp3) is 0.318. The lowest BCUT2D eigenvalue weighted by Crippen LogP contribution is -2.26. The summed E-state index contributed by atoms with van der Waals surface area (Å²) in [6, 6.07) is 12.1. The zero-order chi connectivity index (χ0) is 18.8. The largest absolute Gasteiger partial charge is 0.423 e. The second-order valence-electron chi connectivity index (χ2n) is 7.18. The van der Waals surface area contributed by atoms with E-state index in [2.05, 4.69) is 25.2 Å². The van der Waals surface area contributed by atoms with E-state index in [4.69, 9.17) is 4.42 Å². The molecule has 1 aromatic heterocycles. The number of aryl methyl sites for hydroxylation is 2. The van der Waals surface area contributed by atoms with Gasteiger partial charge >= 0.3 is 5.63 Å². The number of benzene rings is 2. The van der Waals surface area contributed by atoms with Crippen molar-refractivity contribution in [2.45, 2.75) is 40.3 Å². The van der Waals surface area contributed by atoms with Crippen LogP contribution in [0.5, 0.6) is 0 Å². The van der Waals surface area contributed by atoms with Crippen LogP contribution < -0.4 is 10.9 Å². The minimum Gasteiger partial charge on any atom is -0.423 e. The van der Waals surface area contributed by atoms with Crippen molar-refractivity contribution in [1.29, 1.82) is 0 Å². The molecule has 0 saturated carbocycles. The van der Waals surface area contributed by atoms with Gasteiger partial charge in [-0.1, -0.05) is 26.0 Å². The first-order valence-corrected chi connectivity index (χ1v) is 8.88. The fourth-order valence-electron chi connectivity index (χ4n) is 3.26. The van der Waals surface area contributed by atoms with Gasteiger partial charge in [-0.15, -0.1) is 0 Å². The zero-order valence-electron chi connectivity index (χ0n) is 15.6. The molecule has 0 aliphatic carbocycles. The summed E-state index contributed by atoms with van der Waals surface area (Å²) < 4.78 is 18.6. The number of halogens is 1. The molecule has 1 heterocycles. The molecule has 0 fully saturated rings. The van der Waals surface area contributed by atoms with Gasteiger partial charge in [0.1, 0.15) is 11.4 Å². The van der Waals surface area contributed by atoms with Crippen LogP contribution in [0.3, 0.4) is 0 Å². The van der Waals surface area contributed by atoms with E-state index in [1.165, 1.54) is 12.1 Å². The molecule has 2 aromatic carbocycles. The predicted molar refractivity (Wildman–Crippen MR) is 103 cm³/mol. The number of hydrogen-bond donors (Lipinski definition) is 1. The van der Waals surface area contributed by atoms with Gasteiger partial charge in [-0.25, -0.2) is 9.18 Å². The maximum Gasteiger partial charge on any atom is 0.336 e. The molecule has 4 heteroatoms. The quantitative estimate of drug-likeness (QED) is 0.654. The van der Waals surface area contributed by atoms with Crippen molar-refractivity contribution >= 4 is 11.0 Å². The first kappa shape index (κ1) is 18.3. The molecule has 0 aliphatic heterocycles. The Bertz CT molecular complexity index is 974. The second kappa shape index (κ2) is 7.42. The van der Waals surface area contributed by atoms with Gasteiger partial charge in [0.2, 0.25) is 0 Å². The van der Waals surface area contributed by atoms with Crippen LogP contribution in [0.15, 0.2) is 51.7 Å². The summed E-state index contributed by atoms with van der Waals surface area (Å²) in [7, 11) is 0. The second-order valence-corrected chi connectivity index (χ2v) is 7.18. The third kappa shape index (κ3) is 3.86. The first-order chi connectivity index (χ1) is 12.3. The van der Waals surface area contributed by atoms with E-state index in [1.54, 1.807) is 18.2 Å². The van der Waals surface area contributed by atoms with Crippen LogP contribution >= 0.6 is 0 Å². The van der Waals surface area contributed by atoms with Crippen LogP contribution in [-0.4, -0.2) is 0 Å². The first-order valence-electron chi connectivity index (χ1n) is 8.88. The van der Waals surface area contributed by atoms with Crippen molar-refractivity contribution in [3.05, 3.63) is 81.0 Å². The van der Waals surface area contributed by atoms with Gasteiger partial charge in [0.25, 0.3) is 0 Å². The molecule has 0 aliphatic rings. The Morgan fingerprint density at radius 1 is 1.04 bits per heavy atom. The van der Waals surface area contributed by atoms with Gasteiger partial charge < -0.3 is 9.73 Å². The van der Waals surface area contributed by atoms with Crippen molar-refractivity contribution in [3.63, 3.8) is 0 Å². The molecule has 0 bridgehead atoms. The van der Waals surface area contributed by atoms with Crippen LogP contribution in [0.2, 0.25) is 0 Å². The Morgan fingerprint density at radius 3 is 2.35 bits per heavy atom. The van der Waals surface area contributed by atoms with E-state index < -0.39 is 0 Å². The van der Waals surface area contributed by atoms with E-state index >= 15 is 0 Å². The summed E-state index contributed by atoms with van der Waals surface area (Å²) in [5.74, 6) is 0.0737. The molecule has 1 N–H and O–H groups in total. The van der Waals surface area contributed by atoms with Crippen LogP contribution in [0, 0.1) is 25.6 Å². The van der Waals surface area contributed by atoms with E-state index in [1.807, 2.05) is 19.9 Å². The van der Waals surface area contributed by atoms with Crippen molar-refractivity contribution in [2.24, 2.45) is 5.92 Å². The molecule has 0 spiro atoms. The summed E-state index contributed by atoms with van der Waals surface area (Å²) in [5.41, 5.74) is 4.46. The summed E-state index contributed by atoms with van der Waals surface area (Å²) in [6.45, 7) is 8.82. The lowest BCUT2D eigenvalue weighted by atomic mass is 9.95. The maximum atomic E-state index is 13.2. The lowest BCUT2D eigenvalue weighted by molar-refractivity contribution is 0.410. The van der Waals surface area contributed by atoms with Crippen LogP contribution in [0.4, 0.5) is 4.39 Å². The topological polar surface area (TPSA) is 42.2 Å². The van der Waals surface area contributed by atoms with E-state index in [-0.39, 0.29) is 17.5 Å². The summed E-state index contributed by atoms with van der Waals surface area (Å²) in [6.07, 6.45) is 0. The van der Waals surface area contributed by atoms with Gasteiger partial charge in [0, 0.05) is 24.0 Å². The Labute approximate surface area is 152 Å². The minimum atomic E-state index is -0.347. The van der Waals surface area contributed by atoms with Gasteiger partial charge in [-0.2, -0.15) is 0 Å². The number of fused-ring (bicyclic) bond motifs is 1. The van der Waals surface area contributed by atoms with Gasteiger partial charge in [-0.05, 0) is 66.3 Å². The van der Waals surface area contributed by atoms with E-state index in [0.29, 0.717) is 18.0 Å². The van der Waals surface area contributed by atoms with Crippen LogP contribution in [0.1, 0.15) is 42.1 Å². The SMILES string of the molecule is Cc1cc2oc(=O)cc(CN[C@@H](c3ccc(F)cc3)C(C)C)c2cc1C. The third-order valence-electron chi connectivity index (χ3n) is 4.85. The van der Waals surface area contributed by atoms with Crippen molar-refractivity contribution in [2.75, 3.05) is 0 Å². The average molecular weight is 353 g/mol. The highest BCUT2D eigenvalue weighted by atomic mass is 19.1. The Morgan fingerprint density at radius 2 is 1.69 bits per heavy atom.